The highest BCUT2D eigenvalue weighted by atomic mass is 32.2. The molecule has 1 N–H and O–H groups in total. The molecule has 9 heteroatoms. The molecular formula is C31H37N3O5S. The number of rotatable bonds is 11. The number of nitrogens with zero attached hydrogens (tertiary/aromatic N) is 2. The van der Waals surface area contributed by atoms with Crippen molar-refractivity contribution in [2.45, 2.75) is 63.1 Å². The molecule has 0 saturated heterocycles. The van der Waals surface area contributed by atoms with Gasteiger partial charge in [-0.05, 0) is 62.1 Å². The zero-order valence-electron chi connectivity index (χ0n) is 23.2. The summed E-state index contributed by atoms with van der Waals surface area (Å²) in [5.74, 6) is -0.432. The Labute approximate surface area is 237 Å². The van der Waals surface area contributed by atoms with E-state index in [9.17, 15) is 18.0 Å². The van der Waals surface area contributed by atoms with Crippen LogP contribution >= 0.6 is 0 Å². The zero-order chi connectivity index (χ0) is 28.7. The van der Waals surface area contributed by atoms with Crippen LogP contribution in [0.25, 0.3) is 0 Å². The van der Waals surface area contributed by atoms with E-state index >= 15 is 0 Å². The average molecular weight is 564 g/mol. The molecule has 3 aromatic carbocycles. The SMILES string of the molecule is COc1ccccc1N(CC(=O)N(Cc1ccccc1C)C(C)C(=O)NC1CCCC1)S(=O)(=O)c1ccccc1. The Kier molecular flexibility index (Phi) is 9.47. The summed E-state index contributed by atoms with van der Waals surface area (Å²) in [6.07, 6.45) is 3.97. The molecule has 1 saturated carbocycles. The van der Waals surface area contributed by atoms with E-state index in [4.69, 9.17) is 4.74 Å². The summed E-state index contributed by atoms with van der Waals surface area (Å²) in [6.45, 7) is 3.29. The largest absolute Gasteiger partial charge is 0.495 e. The third-order valence-corrected chi connectivity index (χ3v) is 9.21. The van der Waals surface area contributed by atoms with Crippen molar-refractivity contribution in [3.05, 3.63) is 90.0 Å². The van der Waals surface area contributed by atoms with Gasteiger partial charge in [0.1, 0.15) is 18.3 Å². The predicted molar refractivity (Wildman–Crippen MR) is 156 cm³/mol. The van der Waals surface area contributed by atoms with Crippen LogP contribution in [0.15, 0.2) is 83.8 Å². The van der Waals surface area contributed by atoms with Crippen molar-refractivity contribution >= 4 is 27.5 Å². The van der Waals surface area contributed by atoms with Crippen LogP contribution in [0.2, 0.25) is 0 Å². The van der Waals surface area contributed by atoms with Gasteiger partial charge < -0.3 is 15.0 Å². The van der Waals surface area contributed by atoms with Gasteiger partial charge in [0.05, 0.1) is 17.7 Å². The quantitative estimate of drug-likeness (QED) is 0.366. The molecule has 0 heterocycles. The molecule has 0 bridgehead atoms. The van der Waals surface area contributed by atoms with Gasteiger partial charge in [0, 0.05) is 12.6 Å². The second-order valence-corrected chi connectivity index (χ2v) is 12.0. The number of hydrogen-bond donors (Lipinski definition) is 1. The fourth-order valence-electron chi connectivity index (χ4n) is 5.01. The summed E-state index contributed by atoms with van der Waals surface area (Å²) >= 11 is 0. The number of carbonyl (C=O) groups excluding carboxylic acids is 2. The van der Waals surface area contributed by atoms with Gasteiger partial charge in [0.15, 0.2) is 0 Å². The topological polar surface area (TPSA) is 96.0 Å². The van der Waals surface area contributed by atoms with Crippen molar-refractivity contribution in [2.75, 3.05) is 18.0 Å². The van der Waals surface area contributed by atoms with Gasteiger partial charge in [-0.25, -0.2) is 8.42 Å². The minimum absolute atomic E-state index is 0.0474. The van der Waals surface area contributed by atoms with Crippen LogP contribution in [0.1, 0.15) is 43.7 Å². The van der Waals surface area contributed by atoms with Crippen LogP contribution < -0.4 is 14.4 Å². The Balaban J connectivity index is 1.71. The smallest absolute Gasteiger partial charge is 0.264 e. The van der Waals surface area contributed by atoms with Crippen LogP contribution in [0.4, 0.5) is 5.69 Å². The normalized spacial score (nSPS) is 14.4. The van der Waals surface area contributed by atoms with Gasteiger partial charge in [0.2, 0.25) is 11.8 Å². The number of hydrogen-bond acceptors (Lipinski definition) is 5. The Bertz CT molecular complexity index is 1420. The summed E-state index contributed by atoms with van der Waals surface area (Å²) in [5, 5.41) is 3.09. The molecular weight excluding hydrogens is 526 g/mol. The predicted octanol–water partition coefficient (Wildman–Crippen LogP) is 4.68. The summed E-state index contributed by atoms with van der Waals surface area (Å²) < 4.78 is 34.4. The maximum atomic E-state index is 14.1. The van der Waals surface area contributed by atoms with Gasteiger partial charge in [-0.1, -0.05) is 67.4 Å². The molecule has 0 spiro atoms. The van der Waals surface area contributed by atoms with E-state index in [1.165, 1.54) is 24.1 Å². The molecule has 212 valence electrons. The lowest BCUT2D eigenvalue weighted by molar-refractivity contribution is -0.139. The lowest BCUT2D eigenvalue weighted by Gasteiger charge is -2.33. The third kappa shape index (κ3) is 6.65. The number of benzene rings is 3. The first kappa shape index (κ1) is 29.1. The van der Waals surface area contributed by atoms with Crippen LogP contribution in [0, 0.1) is 6.92 Å². The molecule has 40 heavy (non-hydrogen) atoms. The van der Waals surface area contributed by atoms with Gasteiger partial charge in [-0.3, -0.25) is 13.9 Å². The van der Waals surface area contributed by atoms with Crippen molar-refractivity contribution in [1.82, 2.24) is 10.2 Å². The highest BCUT2D eigenvalue weighted by Gasteiger charge is 2.34. The second-order valence-electron chi connectivity index (χ2n) is 10.1. The van der Waals surface area contributed by atoms with E-state index in [-0.39, 0.29) is 29.1 Å². The van der Waals surface area contributed by atoms with Crippen molar-refractivity contribution < 1.29 is 22.7 Å². The monoisotopic (exact) mass is 563 g/mol. The van der Waals surface area contributed by atoms with Gasteiger partial charge in [-0.15, -0.1) is 0 Å². The van der Waals surface area contributed by atoms with Crippen molar-refractivity contribution in [2.24, 2.45) is 0 Å². The first-order chi connectivity index (χ1) is 19.2. The Morgan fingerprint density at radius 3 is 2.25 bits per heavy atom. The molecule has 0 aromatic heterocycles. The molecule has 1 fully saturated rings. The summed E-state index contributed by atoms with van der Waals surface area (Å²) in [7, 11) is -2.70. The van der Waals surface area contributed by atoms with Crippen LogP contribution in [-0.4, -0.2) is 50.9 Å². The fourth-order valence-corrected chi connectivity index (χ4v) is 6.46. The maximum absolute atomic E-state index is 14.1. The molecule has 0 aliphatic heterocycles. The number of nitrogens with one attached hydrogen (secondary N) is 1. The van der Waals surface area contributed by atoms with Crippen LogP contribution in [0.5, 0.6) is 5.75 Å². The summed E-state index contributed by atoms with van der Waals surface area (Å²) in [4.78, 5) is 29.0. The minimum atomic E-state index is -4.16. The van der Waals surface area contributed by atoms with E-state index in [0.717, 1.165) is 41.1 Å². The number of aryl methyl sites for hydroxylation is 1. The van der Waals surface area contributed by atoms with Crippen LogP contribution in [-0.2, 0) is 26.2 Å². The molecule has 1 aliphatic carbocycles. The van der Waals surface area contributed by atoms with Gasteiger partial charge in [0.25, 0.3) is 10.0 Å². The molecule has 1 atom stereocenters. The Morgan fingerprint density at radius 1 is 0.950 bits per heavy atom. The lowest BCUT2D eigenvalue weighted by Crippen LogP contribution is -2.52. The first-order valence-corrected chi connectivity index (χ1v) is 15.0. The second kappa shape index (κ2) is 13.0. The number of sulfonamides is 1. The lowest BCUT2D eigenvalue weighted by atomic mass is 10.1. The number of amides is 2. The molecule has 1 unspecified atom stereocenters. The molecule has 8 nitrogen and oxygen atoms in total. The average Bonchev–Trinajstić information content (AvgIpc) is 3.48. The van der Waals surface area contributed by atoms with E-state index < -0.39 is 28.5 Å². The molecule has 4 rings (SSSR count). The van der Waals surface area contributed by atoms with Crippen LogP contribution in [0.3, 0.4) is 0 Å². The molecule has 3 aromatic rings. The number of ether oxygens (including phenoxy) is 1. The highest BCUT2D eigenvalue weighted by molar-refractivity contribution is 7.92. The third-order valence-electron chi connectivity index (χ3n) is 7.43. The molecule has 2 amide bonds. The number of anilines is 1. The zero-order valence-corrected chi connectivity index (χ0v) is 24.1. The van der Waals surface area contributed by atoms with Gasteiger partial charge >= 0.3 is 0 Å². The standard InChI is InChI=1S/C31H37N3O5S/c1-23-13-7-8-14-25(23)21-33(24(2)31(36)32-26-15-9-10-16-26)30(35)22-34(28-19-11-12-20-29(28)39-3)40(37,38)27-17-5-4-6-18-27/h4-8,11-14,17-20,24,26H,9-10,15-16,21-22H2,1-3H3,(H,32,36). The summed E-state index contributed by atoms with van der Waals surface area (Å²) in [5.41, 5.74) is 2.09. The fraction of sp³-hybridized carbons (Fsp3) is 0.355. The number of carbonyl (C=O) groups is 2. The molecule has 0 radical (unpaired) electrons. The van der Waals surface area contributed by atoms with Crippen molar-refractivity contribution in [1.29, 1.82) is 0 Å². The van der Waals surface area contributed by atoms with Crippen molar-refractivity contribution in [3.63, 3.8) is 0 Å². The van der Waals surface area contributed by atoms with Crippen molar-refractivity contribution in [3.8, 4) is 5.75 Å². The van der Waals surface area contributed by atoms with E-state index in [2.05, 4.69) is 5.32 Å². The number of para-hydroxylation sites is 2. The Morgan fingerprint density at radius 2 is 1.57 bits per heavy atom. The minimum Gasteiger partial charge on any atom is -0.495 e. The first-order valence-electron chi connectivity index (χ1n) is 13.6. The Hall–Kier alpha value is -3.85. The highest BCUT2D eigenvalue weighted by Crippen LogP contribution is 2.32. The maximum Gasteiger partial charge on any atom is 0.264 e. The van der Waals surface area contributed by atoms with E-state index in [1.807, 2.05) is 31.2 Å². The molecule has 1 aliphatic rings. The van der Waals surface area contributed by atoms with E-state index in [0.29, 0.717) is 5.75 Å². The van der Waals surface area contributed by atoms with Gasteiger partial charge in [-0.2, -0.15) is 0 Å². The van der Waals surface area contributed by atoms with E-state index in [1.54, 1.807) is 49.4 Å². The summed E-state index contributed by atoms with van der Waals surface area (Å²) in [6, 6.07) is 21.6. The number of methoxy groups -OCH3 is 1.